The summed E-state index contributed by atoms with van der Waals surface area (Å²) in [6, 6.07) is -0.540. The summed E-state index contributed by atoms with van der Waals surface area (Å²) in [7, 11) is 0. The van der Waals surface area contributed by atoms with E-state index in [1.165, 1.54) is 263 Å². The molecule has 0 aliphatic rings. The molecule has 0 aromatic heterocycles. The van der Waals surface area contributed by atoms with Gasteiger partial charge in [0.2, 0.25) is 5.91 Å². The highest BCUT2D eigenvalue weighted by Gasteiger charge is 2.20. The summed E-state index contributed by atoms with van der Waals surface area (Å²) in [5.74, 6) is -0.0212. The van der Waals surface area contributed by atoms with Gasteiger partial charge in [0.25, 0.3) is 0 Å². The Morgan fingerprint density at radius 1 is 0.375 bits per heavy atom. The van der Waals surface area contributed by atoms with Crippen molar-refractivity contribution in [3.8, 4) is 0 Å². The molecule has 6 nitrogen and oxygen atoms in total. The van der Waals surface area contributed by atoms with Crippen LogP contribution in [0.3, 0.4) is 0 Å². The quantitative estimate of drug-likeness (QED) is 0.0417. The average Bonchev–Trinajstić information content (AvgIpc) is 3.29. The van der Waals surface area contributed by atoms with E-state index in [0.717, 1.165) is 38.5 Å². The molecule has 0 radical (unpaired) electrons. The molecule has 3 N–H and O–H groups in total. The highest BCUT2D eigenvalue weighted by Crippen LogP contribution is 2.18. The molecule has 2 unspecified atom stereocenters. The van der Waals surface area contributed by atoms with Gasteiger partial charge in [-0.15, -0.1) is 0 Å². The summed E-state index contributed by atoms with van der Waals surface area (Å²) < 4.78 is 5.48. The Morgan fingerprint density at radius 3 is 0.953 bits per heavy atom. The minimum Gasteiger partial charge on any atom is -0.466 e. The van der Waals surface area contributed by atoms with Crippen molar-refractivity contribution in [2.24, 2.45) is 0 Å². The van der Waals surface area contributed by atoms with Crippen molar-refractivity contribution < 1.29 is 24.5 Å². The van der Waals surface area contributed by atoms with Crippen LogP contribution in [0.4, 0.5) is 0 Å². The van der Waals surface area contributed by atoms with Crippen LogP contribution < -0.4 is 5.32 Å². The van der Waals surface area contributed by atoms with Gasteiger partial charge in [-0.3, -0.25) is 9.59 Å². The van der Waals surface area contributed by atoms with E-state index in [-0.39, 0.29) is 18.5 Å². The van der Waals surface area contributed by atoms with E-state index in [1.807, 2.05) is 0 Å². The third-order valence-electron chi connectivity index (χ3n) is 13.9. The van der Waals surface area contributed by atoms with Crippen LogP contribution in [0.15, 0.2) is 0 Å². The van der Waals surface area contributed by atoms with E-state index in [1.54, 1.807) is 0 Å². The highest BCUT2D eigenvalue weighted by molar-refractivity contribution is 5.76. The minimum absolute atomic E-state index is 0.0137. The number of carbonyl (C=O) groups is 2. The fourth-order valence-corrected chi connectivity index (χ4v) is 9.41. The summed E-state index contributed by atoms with van der Waals surface area (Å²) in [4.78, 5) is 24.5. The van der Waals surface area contributed by atoms with Crippen molar-refractivity contribution in [1.82, 2.24) is 5.32 Å². The summed E-state index contributed by atoms with van der Waals surface area (Å²) >= 11 is 0. The average molecular weight is 907 g/mol. The number of ether oxygens (including phenoxy) is 1. The smallest absolute Gasteiger partial charge is 0.305 e. The number of amides is 1. The second kappa shape index (κ2) is 54.5. The Kier molecular flexibility index (Phi) is 53.5. The van der Waals surface area contributed by atoms with E-state index in [9.17, 15) is 19.8 Å². The first-order valence-electron chi connectivity index (χ1n) is 29.3. The second-order valence-corrected chi connectivity index (χ2v) is 20.3. The van der Waals surface area contributed by atoms with Gasteiger partial charge in [0, 0.05) is 12.8 Å². The fraction of sp³-hybridized carbons (Fsp3) is 0.966. The Labute approximate surface area is 400 Å². The Balaban J connectivity index is 3.36. The van der Waals surface area contributed by atoms with Crippen molar-refractivity contribution in [2.75, 3.05) is 13.2 Å². The van der Waals surface area contributed by atoms with Crippen molar-refractivity contribution >= 4 is 11.9 Å². The van der Waals surface area contributed by atoms with Crippen LogP contribution in [-0.4, -0.2) is 47.4 Å². The predicted octanol–water partition coefficient (Wildman–Crippen LogP) is 17.9. The maximum absolute atomic E-state index is 12.5. The third-order valence-corrected chi connectivity index (χ3v) is 13.9. The van der Waals surface area contributed by atoms with Crippen molar-refractivity contribution in [3.05, 3.63) is 0 Å². The first-order chi connectivity index (χ1) is 31.5. The number of unbranched alkanes of at least 4 members (excludes halogenated alkanes) is 44. The van der Waals surface area contributed by atoms with Gasteiger partial charge in [-0.25, -0.2) is 0 Å². The van der Waals surface area contributed by atoms with Crippen LogP contribution in [0.25, 0.3) is 0 Å². The number of aliphatic hydroxyl groups excluding tert-OH is 2. The zero-order chi connectivity index (χ0) is 46.5. The number of nitrogens with one attached hydrogen (secondary N) is 1. The standard InChI is InChI=1S/C58H115NO5/c1-3-5-7-9-11-13-15-17-28-32-36-40-44-48-52-58(63)64-53-49-45-41-37-33-29-25-23-21-19-18-20-22-24-27-31-35-39-43-47-51-57(62)59-55(54-60)56(61)50-46-42-38-34-30-26-16-14-12-10-8-6-4-2/h55-56,60-61H,3-54H2,1-2H3,(H,59,62). The van der Waals surface area contributed by atoms with Crippen LogP contribution in [0.1, 0.15) is 335 Å². The first kappa shape index (κ1) is 62.9. The van der Waals surface area contributed by atoms with E-state index >= 15 is 0 Å². The molecule has 2 atom stereocenters. The van der Waals surface area contributed by atoms with Crippen LogP contribution in [0, 0.1) is 0 Å². The summed E-state index contributed by atoms with van der Waals surface area (Å²) in [6.45, 7) is 4.97. The summed E-state index contributed by atoms with van der Waals surface area (Å²) in [5, 5.41) is 23.2. The molecule has 0 rings (SSSR count). The summed E-state index contributed by atoms with van der Waals surface area (Å²) in [5.41, 5.74) is 0. The number of rotatable bonds is 55. The molecule has 0 saturated carbocycles. The van der Waals surface area contributed by atoms with E-state index in [0.29, 0.717) is 25.9 Å². The molecule has 0 saturated heterocycles. The first-order valence-corrected chi connectivity index (χ1v) is 29.3. The predicted molar refractivity (Wildman–Crippen MR) is 278 cm³/mol. The summed E-state index contributed by atoms with van der Waals surface area (Å²) in [6.07, 6.45) is 62.4. The lowest BCUT2D eigenvalue weighted by Gasteiger charge is -2.22. The number of hydrogen-bond acceptors (Lipinski definition) is 5. The molecule has 0 bridgehead atoms. The topological polar surface area (TPSA) is 95.9 Å². The molecule has 64 heavy (non-hydrogen) atoms. The maximum Gasteiger partial charge on any atom is 0.305 e. The molecule has 0 aromatic carbocycles. The van der Waals surface area contributed by atoms with Gasteiger partial charge in [-0.05, 0) is 25.7 Å². The molecule has 0 spiro atoms. The van der Waals surface area contributed by atoms with Crippen LogP contribution in [0.2, 0.25) is 0 Å². The molecule has 0 fully saturated rings. The lowest BCUT2D eigenvalue weighted by molar-refractivity contribution is -0.143. The maximum atomic E-state index is 12.5. The SMILES string of the molecule is CCCCCCCCCCCCCCCCC(=O)OCCCCCCCCCCCCCCCCCCCCCCC(=O)NC(CO)C(O)CCCCCCCCCCCCCCC. The molecule has 0 aromatic rings. The number of hydrogen-bond donors (Lipinski definition) is 3. The van der Waals surface area contributed by atoms with Gasteiger partial charge in [0.05, 0.1) is 25.4 Å². The molecular formula is C58H115NO5. The second-order valence-electron chi connectivity index (χ2n) is 20.3. The van der Waals surface area contributed by atoms with E-state index < -0.39 is 12.1 Å². The van der Waals surface area contributed by atoms with Crippen molar-refractivity contribution in [1.29, 1.82) is 0 Å². The van der Waals surface area contributed by atoms with Crippen molar-refractivity contribution in [2.45, 2.75) is 347 Å². The number of aliphatic hydroxyl groups is 2. The highest BCUT2D eigenvalue weighted by atomic mass is 16.5. The van der Waals surface area contributed by atoms with Gasteiger partial charge in [0.15, 0.2) is 0 Å². The zero-order valence-electron chi connectivity index (χ0n) is 43.5. The molecule has 0 aliphatic heterocycles. The molecule has 1 amide bonds. The molecule has 0 heterocycles. The van der Waals surface area contributed by atoms with Crippen LogP contribution in [-0.2, 0) is 14.3 Å². The van der Waals surface area contributed by atoms with Gasteiger partial charge >= 0.3 is 5.97 Å². The van der Waals surface area contributed by atoms with Gasteiger partial charge in [-0.1, -0.05) is 296 Å². The fourth-order valence-electron chi connectivity index (χ4n) is 9.41. The molecular weight excluding hydrogens is 791 g/mol. The van der Waals surface area contributed by atoms with Crippen molar-refractivity contribution in [3.63, 3.8) is 0 Å². The largest absolute Gasteiger partial charge is 0.466 e. The molecule has 6 heteroatoms. The van der Waals surface area contributed by atoms with Gasteiger partial charge in [-0.2, -0.15) is 0 Å². The molecule has 0 aliphatic carbocycles. The Hall–Kier alpha value is -1.14. The Morgan fingerprint density at radius 2 is 0.641 bits per heavy atom. The normalized spacial score (nSPS) is 12.5. The minimum atomic E-state index is -0.663. The lowest BCUT2D eigenvalue weighted by Crippen LogP contribution is -2.45. The monoisotopic (exact) mass is 906 g/mol. The van der Waals surface area contributed by atoms with E-state index in [2.05, 4.69) is 19.2 Å². The van der Waals surface area contributed by atoms with Gasteiger partial charge in [0.1, 0.15) is 0 Å². The Bertz CT molecular complexity index is 913. The lowest BCUT2D eigenvalue weighted by atomic mass is 10.0. The van der Waals surface area contributed by atoms with E-state index in [4.69, 9.17) is 4.74 Å². The third kappa shape index (κ3) is 50.3. The molecule has 382 valence electrons. The van der Waals surface area contributed by atoms with Crippen LogP contribution in [0.5, 0.6) is 0 Å². The zero-order valence-corrected chi connectivity index (χ0v) is 43.5. The number of esters is 1. The van der Waals surface area contributed by atoms with Crippen LogP contribution >= 0.6 is 0 Å². The van der Waals surface area contributed by atoms with Gasteiger partial charge < -0.3 is 20.3 Å². The number of carbonyl (C=O) groups excluding carboxylic acids is 2.